The predicted octanol–water partition coefficient (Wildman–Crippen LogP) is 3.26. The first-order chi connectivity index (χ1) is 12.1. The number of nitrogens with zero attached hydrogens (tertiary/aromatic N) is 1. The van der Waals surface area contributed by atoms with Gasteiger partial charge in [-0.2, -0.15) is 0 Å². The van der Waals surface area contributed by atoms with Crippen LogP contribution in [-0.4, -0.2) is 37.0 Å². The Kier molecular flexibility index (Phi) is 3.54. The van der Waals surface area contributed by atoms with Gasteiger partial charge in [-0.3, -0.25) is 4.79 Å². The van der Waals surface area contributed by atoms with Gasteiger partial charge in [0.1, 0.15) is 0 Å². The fraction of sp³-hybridized carbons (Fsp3) is 0.682. The summed E-state index contributed by atoms with van der Waals surface area (Å²) in [6, 6.07) is 9.23. The first-order valence-electron chi connectivity index (χ1n) is 10.2. The van der Waals surface area contributed by atoms with Crippen molar-refractivity contribution in [3.8, 4) is 0 Å². The van der Waals surface area contributed by atoms with E-state index in [9.17, 15) is 4.79 Å². The lowest BCUT2D eigenvalue weighted by molar-refractivity contribution is -0.161. The normalized spacial score (nSPS) is 39.6. The van der Waals surface area contributed by atoms with Crippen LogP contribution in [0.15, 0.2) is 24.3 Å². The van der Waals surface area contributed by atoms with Crippen LogP contribution in [0.5, 0.6) is 0 Å². The highest BCUT2D eigenvalue weighted by atomic mass is 16.2. The van der Waals surface area contributed by atoms with Crippen LogP contribution in [0.1, 0.15) is 49.7 Å². The topological polar surface area (TPSA) is 32.3 Å². The molecule has 0 aromatic heterocycles. The maximum absolute atomic E-state index is 13.6. The lowest BCUT2D eigenvalue weighted by Gasteiger charge is -2.62. The molecule has 1 heterocycles. The summed E-state index contributed by atoms with van der Waals surface area (Å²) >= 11 is 0. The quantitative estimate of drug-likeness (QED) is 0.898. The lowest BCUT2D eigenvalue weighted by Crippen LogP contribution is -2.61. The molecule has 0 radical (unpaired) electrons. The molecule has 1 N–H and O–H groups in total. The van der Waals surface area contributed by atoms with E-state index in [1.165, 1.54) is 30.4 Å². The smallest absolute Gasteiger partial charge is 0.228 e. The Hall–Kier alpha value is -1.35. The van der Waals surface area contributed by atoms with Crippen LogP contribution in [0.4, 0.5) is 0 Å². The first kappa shape index (κ1) is 15.9. The highest BCUT2D eigenvalue weighted by molar-refractivity contribution is 5.84. The van der Waals surface area contributed by atoms with E-state index in [-0.39, 0.29) is 10.8 Å². The number of piperazine rings is 1. The largest absolute Gasteiger partial charge is 0.340 e. The molecule has 2 unspecified atom stereocenters. The summed E-state index contributed by atoms with van der Waals surface area (Å²) in [5.41, 5.74) is 3.04. The number of hydrogen-bond donors (Lipinski definition) is 1. The van der Waals surface area contributed by atoms with Gasteiger partial charge in [-0.25, -0.2) is 0 Å². The van der Waals surface area contributed by atoms with Crippen LogP contribution in [0.3, 0.4) is 0 Å². The van der Waals surface area contributed by atoms with Gasteiger partial charge in [-0.15, -0.1) is 0 Å². The van der Waals surface area contributed by atoms with Crippen molar-refractivity contribution in [2.75, 3.05) is 26.2 Å². The lowest BCUT2D eigenvalue weighted by atomic mass is 9.42. The molecule has 1 amide bonds. The molecule has 5 aliphatic rings. The Labute approximate surface area is 151 Å². The van der Waals surface area contributed by atoms with Crippen molar-refractivity contribution in [3.05, 3.63) is 35.4 Å². The molecular formula is C22H30N2O. The third-order valence-corrected chi connectivity index (χ3v) is 7.58. The molecule has 6 rings (SSSR count). The van der Waals surface area contributed by atoms with Gasteiger partial charge in [0.25, 0.3) is 0 Å². The fourth-order valence-corrected chi connectivity index (χ4v) is 6.96. The molecule has 1 aliphatic heterocycles. The molecule has 3 heteroatoms. The minimum atomic E-state index is -0.0632. The third-order valence-electron chi connectivity index (χ3n) is 7.58. The van der Waals surface area contributed by atoms with Crippen LogP contribution in [0, 0.1) is 24.2 Å². The van der Waals surface area contributed by atoms with E-state index in [4.69, 9.17) is 0 Å². The van der Waals surface area contributed by atoms with Crippen LogP contribution < -0.4 is 5.32 Å². The van der Waals surface area contributed by atoms with Crippen molar-refractivity contribution in [2.24, 2.45) is 17.3 Å². The average molecular weight is 338 g/mol. The van der Waals surface area contributed by atoms with Crippen molar-refractivity contribution in [1.82, 2.24) is 10.2 Å². The molecule has 4 saturated carbocycles. The zero-order valence-electron chi connectivity index (χ0n) is 15.4. The fourth-order valence-electron chi connectivity index (χ4n) is 6.96. The Morgan fingerprint density at radius 1 is 1.04 bits per heavy atom. The molecule has 0 spiro atoms. The maximum Gasteiger partial charge on any atom is 0.228 e. The van der Waals surface area contributed by atoms with Crippen LogP contribution in [-0.2, 0) is 10.2 Å². The third kappa shape index (κ3) is 2.46. The van der Waals surface area contributed by atoms with E-state index < -0.39 is 0 Å². The minimum Gasteiger partial charge on any atom is -0.340 e. The number of carbonyl (C=O) groups excluding carboxylic acids is 1. The summed E-state index contributed by atoms with van der Waals surface area (Å²) in [5.74, 6) is 2.00. The van der Waals surface area contributed by atoms with Crippen molar-refractivity contribution in [2.45, 2.75) is 50.9 Å². The molecular weight excluding hydrogens is 308 g/mol. The van der Waals surface area contributed by atoms with Crippen molar-refractivity contribution in [3.63, 3.8) is 0 Å². The van der Waals surface area contributed by atoms with Crippen LogP contribution in [0.2, 0.25) is 0 Å². The molecule has 25 heavy (non-hydrogen) atoms. The number of hydrogen-bond acceptors (Lipinski definition) is 2. The standard InChI is InChI=1S/C22H30N2O/c1-16-2-4-19(5-3-16)21-11-17-10-18(12-21)14-22(13-17,15-21)20(25)24-8-6-23-7-9-24/h2-5,17-18,23H,6-15H2,1H3. The Morgan fingerprint density at radius 2 is 1.68 bits per heavy atom. The second kappa shape index (κ2) is 5.57. The summed E-state index contributed by atoms with van der Waals surface area (Å²) in [7, 11) is 0. The summed E-state index contributed by atoms with van der Waals surface area (Å²) in [6.45, 7) is 5.87. The Balaban J connectivity index is 1.50. The summed E-state index contributed by atoms with van der Waals surface area (Å²) in [6.07, 6.45) is 7.38. The number of aryl methyl sites for hydroxylation is 1. The molecule has 2 atom stereocenters. The van der Waals surface area contributed by atoms with Gasteiger partial charge < -0.3 is 10.2 Å². The van der Waals surface area contributed by atoms with Gasteiger partial charge in [-0.05, 0) is 68.3 Å². The van der Waals surface area contributed by atoms with Gasteiger partial charge in [0, 0.05) is 26.2 Å². The molecule has 4 bridgehead atoms. The van der Waals surface area contributed by atoms with Gasteiger partial charge in [0.05, 0.1) is 5.41 Å². The number of benzene rings is 1. The molecule has 134 valence electrons. The van der Waals surface area contributed by atoms with Crippen molar-refractivity contribution in [1.29, 1.82) is 0 Å². The van der Waals surface area contributed by atoms with Crippen molar-refractivity contribution < 1.29 is 4.79 Å². The zero-order valence-corrected chi connectivity index (χ0v) is 15.4. The monoisotopic (exact) mass is 338 g/mol. The summed E-state index contributed by atoms with van der Waals surface area (Å²) < 4.78 is 0. The Morgan fingerprint density at radius 3 is 2.32 bits per heavy atom. The molecule has 3 nitrogen and oxygen atoms in total. The van der Waals surface area contributed by atoms with Gasteiger partial charge in [-0.1, -0.05) is 29.8 Å². The molecule has 4 aliphatic carbocycles. The number of carbonyl (C=O) groups is 1. The van der Waals surface area contributed by atoms with E-state index in [0.717, 1.165) is 57.3 Å². The van der Waals surface area contributed by atoms with E-state index >= 15 is 0 Å². The van der Waals surface area contributed by atoms with E-state index in [1.54, 1.807) is 0 Å². The maximum atomic E-state index is 13.6. The highest BCUT2D eigenvalue weighted by Gasteiger charge is 2.61. The van der Waals surface area contributed by atoms with Crippen LogP contribution in [0.25, 0.3) is 0 Å². The highest BCUT2D eigenvalue weighted by Crippen LogP contribution is 2.66. The summed E-state index contributed by atoms with van der Waals surface area (Å²) in [4.78, 5) is 15.8. The number of rotatable bonds is 2. The molecule has 1 aromatic carbocycles. The molecule has 5 fully saturated rings. The first-order valence-corrected chi connectivity index (χ1v) is 10.2. The van der Waals surface area contributed by atoms with E-state index in [1.807, 2.05) is 0 Å². The zero-order chi connectivity index (χ0) is 17.1. The summed E-state index contributed by atoms with van der Waals surface area (Å²) in [5, 5.41) is 3.39. The average Bonchev–Trinajstić information content (AvgIpc) is 2.61. The van der Waals surface area contributed by atoms with E-state index in [0.29, 0.717) is 5.91 Å². The Bertz CT molecular complexity index is 660. The number of nitrogens with one attached hydrogen (secondary N) is 1. The van der Waals surface area contributed by atoms with Crippen LogP contribution >= 0.6 is 0 Å². The van der Waals surface area contributed by atoms with Crippen molar-refractivity contribution >= 4 is 5.91 Å². The van der Waals surface area contributed by atoms with Gasteiger partial charge in [0.15, 0.2) is 0 Å². The molecule has 1 saturated heterocycles. The van der Waals surface area contributed by atoms with Gasteiger partial charge >= 0.3 is 0 Å². The minimum absolute atomic E-state index is 0.0632. The predicted molar refractivity (Wildman–Crippen MR) is 99.4 cm³/mol. The number of amides is 1. The second-order valence-electron chi connectivity index (χ2n) is 9.43. The van der Waals surface area contributed by atoms with E-state index in [2.05, 4.69) is 41.4 Å². The molecule has 1 aromatic rings. The van der Waals surface area contributed by atoms with Gasteiger partial charge in [0.2, 0.25) is 5.91 Å². The SMILES string of the molecule is Cc1ccc(C23CC4CC(CC(C(=O)N5CCNCC5)(C4)C2)C3)cc1. The second-order valence-corrected chi connectivity index (χ2v) is 9.43.